The molecule has 2 aromatic carbocycles. The van der Waals surface area contributed by atoms with E-state index in [1.165, 1.54) is 11.6 Å². The molecular formula is C17H17Br2FO. The molecule has 0 amide bonds. The van der Waals surface area contributed by atoms with Crippen LogP contribution < -0.4 is 4.74 Å². The highest BCUT2D eigenvalue weighted by Crippen LogP contribution is 2.23. The molecule has 0 fully saturated rings. The predicted octanol–water partition coefficient (Wildman–Crippen LogP) is 5.39. The zero-order valence-electron chi connectivity index (χ0n) is 11.8. The first kappa shape index (κ1) is 16.5. The molecule has 0 aliphatic heterocycles. The Labute approximate surface area is 141 Å². The summed E-state index contributed by atoms with van der Waals surface area (Å²) in [4.78, 5) is 0. The van der Waals surface area contributed by atoms with Crippen LogP contribution in [0.5, 0.6) is 5.75 Å². The second-order valence-corrected chi connectivity index (χ2v) is 6.58. The Balaban J connectivity index is 2.07. The summed E-state index contributed by atoms with van der Waals surface area (Å²) in [5, 5.41) is 0.838. The van der Waals surface area contributed by atoms with Crippen molar-refractivity contribution >= 4 is 31.9 Å². The minimum Gasteiger partial charge on any atom is -0.497 e. The predicted molar refractivity (Wildman–Crippen MR) is 91.8 cm³/mol. The van der Waals surface area contributed by atoms with Crippen molar-refractivity contribution in [3.8, 4) is 5.75 Å². The lowest BCUT2D eigenvalue weighted by atomic mass is 9.94. The second kappa shape index (κ2) is 7.95. The second-order valence-electron chi connectivity index (χ2n) is 5.01. The molecule has 1 atom stereocenters. The number of methoxy groups -OCH3 is 1. The van der Waals surface area contributed by atoms with E-state index in [-0.39, 0.29) is 5.82 Å². The van der Waals surface area contributed by atoms with E-state index < -0.39 is 0 Å². The molecule has 0 saturated carbocycles. The highest BCUT2D eigenvalue weighted by molar-refractivity contribution is 9.10. The summed E-state index contributed by atoms with van der Waals surface area (Å²) >= 11 is 6.94. The van der Waals surface area contributed by atoms with Crippen molar-refractivity contribution in [2.75, 3.05) is 12.4 Å². The minimum atomic E-state index is -0.140. The van der Waals surface area contributed by atoms with Crippen molar-refractivity contribution in [1.82, 2.24) is 0 Å². The van der Waals surface area contributed by atoms with Crippen LogP contribution in [0.2, 0.25) is 0 Å². The Bertz CT molecular complexity index is 584. The number of hydrogen-bond acceptors (Lipinski definition) is 1. The van der Waals surface area contributed by atoms with Gasteiger partial charge in [0.1, 0.15) is 11.6 Å². The largest absolute Gasteiger partial charge is 0.497 e. The fourth-order valence-corrected chi connectivity index (χ4v) is 3.15. The van der Waals surface area contributed by atoms with Crippen LogP contribution >= 0.6 is 31.9 Å². The Morgan fingerprint density at radius 1 is 1.10 bits per heavy atom. The zero-order chi connectivity index (χ0) is 15.2. The summed E-state index contributed by atoms with van der Waals surface area (Å²) < 4.78 is 19.9. The van der Waals surface area contributed by atoms with Crippen molar-refractivity contribution in [2.24, 2.45) is 5.92 Å². The van der Waals surface area contributed by atoms with Gasteiger partial charge in [0.2, 0.25) is 0 Å². The van der Waals surface area contributed by atoms with E-state index in [2.05, 4.69) is 44.0 Å². The average molecular weight is 416 g/mol. The smallest absolute Gasteiger partial charge is 0.126 e. The summed E-state index contributed by atoms with van der Waals surface area (Å²) in [5.41, 5.74) is 1.98. The molecular weight excluding hydrogens is 399 g/mol. The van der Waals surface area contributed by atoms with E-state index >= 15 is 0 Å². The molecule has 0 saturated heterocycles. The van der Waals surface area contributed by atoms with Gasteiger partial charge in [-0.25, -0.2) is 4.39 Å². The third-order valence-corrected chi connectivity index (χ3v) is 4.83. The van der Waals surface area contributed by atoms with E-state index in [1.54, 1.807) is 13.2 Å². The fraction of sp³-hybridized carbons (Fsp3) is 0.294. The van der Waals surface area contributed by atoms with Crippen molar-refractivity contribution in [3.63, 3.8) is 0 Å². The SMILES string of the molecule is COc1ccc(CC(CBr)Cc2cc(Br)ccc2F)cc1. The number of hydrogen-bond donors (Lipinski definition) is 0. The third-order valence-electron chi connectivity index (χ3n) is 3.42. The molecule has 2 aromatic rings. The van der Waals surface area contributed by atoms with Crippen LogP contribution in [0, 0.1) is 11.7 Å². The molecule has 1 unspecified atom stereocenters. The Kier molecular flexibility index (Phi) is 6.24. The minimum absolute atomic E-state index is 0.140. The maximum absolute atomic E-state index is 13.9. The van der Waals surface area contributed by atoms with Crippen LogP contribution in [0.1, 0.15) is 11.1 Å². The highest BCUT2D eigenvalue weighted by atomic mass is 79.9. The fourth-order valence-electron chi connectivity index (χ4n) is 2.29. The summed E-state index contributed by atoms with van der Waals surface area (Å²) in [7, 11) is 1.66. The summed E-state index contributed by atoms with van der Waals surface area (Å²) in [5.74, 6) is 1.06. The van der Waals surface area contributed by atoms with Crippen LogP contribution in [-0.4, -0.2) is 12.4 Å². The van der Waals surface area contributed by atoms with Gasteiger partial charge in [-0.15, -0.1) is 0 Å². The molecule has 0 spiro atoms. The lowest BCUT2D eigenvalue weighted by Crippen LogP contribution is -2.11. The molecule has 4 heteroatoms. The number of benzene rings is 2. The van der Waals surface area contributed by atoms with Gasteiger partial charge in [0.05, 0.1) is 7.11 Å². The highest BCUT2D eigenvalue weighted by Gasteiger charge is 2.13. The average Bonchev–Trinajstić information content (AvgIpc) is 2.51. The molecule has 0 aliphatic carbocycles. The van der Waals surface area contributed by atoms with Crippen LogP contribution in [0.3, 0.4) is 0 Å². The van der Waals surface area contributed by atoms with Gasteiger partial charge >= 0.3 is 0 Å². The van der Waals surface area contributed by atoms with Gasteiger partial charge in [-0.2, -0.15) is 0 Å². The van der Waals surface area contributed by atoms with Gasteiger partial charge in [0.25, 0.3) is 0 Å². The van der Waals surface area contributed by atoms with Gasteiger partial charge in [0.15, 0.2) is 0 Å². The van der Waals surface area contributed by atoms with E-state index in [4.69, 9.17) is 4.74 Å². The standard InChI is InChI=1S/C17H17Br2FO/c1-21-16-5-2-12(3-6-16)8-13(11-18)9-14-10-15(19)4-7-17(14)20/h2-7,10,13H,8-9,11H2,1H3. The van der Waals surface area contributed by atoms with Gasteiger partial charge < -0.3 is 4.74 Å². The van der Waals surface area contributed by atoms with Gasteiger partial charge in [-0.1, -0.05) is 44.0 Å². The van der Waals surface area contributed by atoms with Gasteiger partial charge in [-0.05, 0) is 60.2 Å². The maximum Gasteiger partial charge on any atom is 0.126 e. The molecule has 0 radical (unpaired) electrons. The maximum atomic E-state index is 13.9. The summed E-state index contributed by atoms with van der Waals surface area (Å²) in [6.45, 7) is 0. The normalized spacial score (nSPS) is 12.2. The first-order valence-electron chi connectivity index (χ1n) is 6.75. The molecule has 1 nitrogen and oxygen atoms in total. The lowest BCUT2D eigenvalue weighted by molar-refractivity contribution is 0.414. The van der Waals surface area contributed by atoms with Crippen LogP contribution in [0.25, 0.3) is 0 Å². The topological polar surface area (TPSA) is 9.23 Å². The summed E-state index contributed by atoms with van der Waals surface area (Å²) in [6.07, 6.45) is 1.61. The zero-order valence-corrected chi connectivity index (χ0v) is 15.0. The van der Waals surface area contributed by atoms with Crippen molar-refractivity contribution in [3.05, 3.63) is 63.9 Å². The van der Waals surface area contributed by atoms with Crippen LogP contribution in [-0.2, 0) is 12.8 Å². The first-order chi connectivity index (χ1) is 10.1. The number of ether oxygens (including phenoxy) is 1. The van der Waals surface area contributed by atoms with Gasteiger partial charge in [0, 0.05) is 9.80 Å². The molecule has 0 aliphatic rings. The Morgan fingerprint density at radius 3 is 2.43 bits per heavy atom. The molecule has 0 aromatic heterocycles. The summed E-state index contributed by atoms with van der Waals surface area (Å²) in [6, 6.07) is 13.1. The molecule has 2 rings (SSSR count). The van der Waals surface area contributed by atoms with Crippen molar-refractivity contribution in [2.45, 2.75) is 12.8 Å². The van der Waals surface area contributed by atoms with Crippen molar-refractivity contribution < 1.29 is 9.13 Å². The third kappa shape index (κ3) is 4.82. The lowest BCUT2D eigenvalue weighted by Gasteiger charge is -2.15. The Hall–Kier alpha value is -0.870. The van der Waals surface area contributed by atoms with E-state index in [9.17, 15) is 4.39 Å². The van der Waals surface area contributed by atoms with Crippen LogP contribution in [0.15, 0.2) is 46.9 Å². The molecule has 0 heterocycles. The van der Waals surface area contributed by atoms with Crippen LogP contribution in [0.4, 0.5) is 4.39 Å². The monoisotopic (exact) mass is 414 g/mol. The Morgan fingerprint density at radius 2 is 1.81 bits per heavy atom. The van der Waals surface area contributed by atoms with Gasteiger partial charge in [-0.3, -0.25) is 0 Å². The number of rotatable bonds is 6. The van der Waals surface area contributed by atoms with Crippen molar-refractivity contribution in [1.29, 1.82) is 0 Å². The van der Waals surface area contributed by atoms with E-state index in [0.29, 0.717) is 12.3 Å². The number of alkyl halides is 1. The molecule has 112 valence electrons. The van der Waals surface area contributed by atoms with E-state index in [1.807, 2.05) is 18.2 Å². The molecule has 0 bridgehead atoms. The first-order valence-corrected chi connectivity index (χ1v) is 8.66. The molecule has 21 heavy (non-hydrogen) atoms. The molecule has 0 N–H and O–H groups in total. The van der Waals surface area contributed by atoms with E-state index in [0.717, 1.165) is 27.5 Å². The quantitative estimate of drug-likeness (QED) is 0.574. The number of halogens is 3.